The number of carbonyl (C=O) groups excluding carboxylic acids is 1. The van der Waals surface area contributed by atoms with Gasteiger partial charge in [0.15, 0.2) is 11.5 Å². The summed E-state index contributed by atoms with van der Waals surface area (Å²) < 4.78 is 11.4. The van der Waals surface area contributed by atoms with Crippen LogP contribution in [0.4, 0.5) is 0 Å². The number of carboxylic acids is 1. The van der Waals surface area contributed by atoms with E-state index in [0.29, 0.717) is 44.0 Å². The molecule has 0 aliphatic carbocycles. The molecule has 0 spiro atoms. The van der Waals surface area contributed by atoms with Gasteiger partial charge in [-0.05, 0) is 61.6 Å². The van der Waals surface area contributed by atoms with E-state index in [1.165, 1.54) is 5.56 Å². The van der Waals surface area contributed by atoms with E-state index in [1.807, 2.05) is 30.9 Å². The molecule has 1 amide bonds. The second-order valence-corrected chi connectivity index (χ2v) is 6.96. The largest absolute Gasteiger partial charge is 0.490 e. The third kappa shape index (κ3) is 4.88. The molecule has 0 unspecified atom stereocenters. The number of hydrogen-bond acceptors (Lipinski definition) is 4. The van der Waals surface area contributed by atoms with Crippen LogP contribution in [-0.4, -0.2) is 41.6 Å². The molecule has 29 heavy (non-hydrogen) atoms. The average Bonchev–Trinajstić information content (AvgIpc) is 2.72. The van der Waals surface area contributed by atoms with Crippen LogP contribution in [0.25, 0.3) is 0 Å². The zero-order chi connectivity index (χ0) is 20.8. The van der Waals surface area contributed by atoms with Gasteiger partial charge in [-0.15, -0.1) is 0 Å². The number of hydrogen-bond donors (Lipinski definition) is 1. The van der Waals surface area contributed by atoms with E-state index in [9.17, 15) is 14.7 Å². The predicted molar refractivity (Wildman–Crippen MR) is 110 cm³/mol. The topological polar surface area (TPSA) is 76.1 Å². The molecule has 1 aliphatic heterocycles. The summed E-state index contributed by atoms with van der Waals surface area (Å²) in [7, 11) is 0. The van der Waals surface area contributed by atoms with E-state index < -0.39 is 5.97 Å². The second kappa shape index (κ2) is 9.45. The number of aryl methyl sites for hydroxylation is 1. The Labute approximate surface area is 171 Å². The molecule has 1 aliphatic rings. The lowest BCUT2D eigenvalue weighted by molar-refractivity contribution is -0.132. The summed E-state index contributed by atoms with van der Waals surface area (Å²) in [5.41, 5.74) is 3.19. The third-order valence-electron chi connectivity index (χ3n) is 5.09. The van der Waals surface area contributed by atoms with E-state index in [4.69, 9.17) is 9.47 Å². The van der Waals surface area contributed by atoms with Crippen LogP contribution in [0.15, 0.2) is 36.4 Å². The Morgan fingerprint density at radius 1 is 1.03 bits per heavy atom. The number of aromatic carboxylic acids is 1. The number of rotatable bonds is 8. The van der Waals surface area contributed by atoms with E-state index >= 15 is 0 Å². The summed E-state index contributed by atoms with van der Waals surface area (Å²) in [4.78, 5) is 25.9. The molecule has 0 saturated carbocycles. The lowest BCUT2D eigenvalue weighted by atomic mass is 9.97. The van der Waals surface area contributed by atoms with Crippen molar-refractivity contribution in [3.63, 3.8) is 0 Å². The van der Waals surface area contributed by atoms with Crippen molar-refractivity contribution in [2.45, 2.75) is 39.7 Å². The van der Waals surface area contributed by atoms with Crippen LogP contribution in [0.2, 0.25) is 0 Å². The van der Waals surface area contributed by atoms with Crippen molar-refractivity contribution >= 4 is 11.9 Å². The normalized spacial score (nSPS) is 13.0. The maximum atomic E-state index is 12.8. The zero-order valence-electron chi connectivity index (χ0n) is 16.9. The van der Waals surface area contributed by atoms with Crippen LogP contribution in [0.3, 0.4) is 0 Å². The first-order chi connectivity index (χ1) is 14.0. The van der Waals surface area contributed by atoms with E-state index in [-0.39, 0.29) is 17.9 Å². The van der Waals surface area contributed by atoms with Gasteiger partial charge in [-0.1, -0.05) is 18.2 Å². The molecule has 2 aromatic rings. The summed E-state index contributed by atoms with van der Waals surface area (Å²) in [6.45, 7) is 6.16. The number of carbonyl (C=O) groups is 2. The molecule has 6 heteroatoms. The lowest BCUT2D eigenvalue weighted by Gasteiger charge is -2.30. The molecule has 0 aromatic heterocycles. The fraction of sp³-hybridized carbons (Fsp3) is 0.391. The maximum absolute atomic E-state index is 12.8. The van der Waals surface area contributed by atoms with Gasteiger partial charge in [-0.25, -0.2) is 4.79 Å². The van der Waals surface area contributed by atoms with Crippen molar-refractivity contribution in [3.8, 4) is 11.5 Å². The van der Waals surface area contributed by atoms with Crippen LogP contribution < -0.4 is 9.47 Å². The summed E-state index contributed by atoms with van der Waals surface area (Å²) >= 11 is 0. The van der Waals surface area contributed by atoms with Gasteiger partial charge in [0.25, 0.3) is 0 Å². The van der Waals surface area contributed by atoms with E-state index in [0.717, 1.165) is 17.7 Å². The standard InChI is InChI=1S/C23H27NO5/c1-3-28-20-13-17-11-12-24(15-18(17)14-21(20)29-4-2)22(25)10-9-16-7-5-6-8-19(16)23(26)27/h5-8,13-14H,3-4,9-12,15H2,1-2H3,(H,26,27). The van der Waals surface area contributed by atoms with Gasteiger partial charge in [0.2, 0.25) is 5.91 Å². The third-order valence-corrected chi connectivity index (χ3v) is 5.09. The molecule has 1 N–H and O–H groups in total. The van der Waals surface area contributed by atoms with E-state index in [2.05, 4.69) is 0 Å². The number of benzene rings is 2. The highest BCUT2D eigenvalue weighted by Gasteiger charge is 2.23. The summed E-state index contributed by atoms with van der Waals surface area (Å²) in [5.74, 6) is 0.520. The van der Waals surface area contributed by atoms with Crippen molar-refractivity contribution in [1.82, 2.24) is 4.90 Å². The minimum Gasteiger partial charge on any atom is -0.490 e. The van der Waals surface area contributed by atoms with Crippen molar-refractivity contribution in [2.75, 3.05) is 19.8 Å². The smallest absolute Gasteiger partial charge is 0.335 e. The molecule has 2 aromatic carbocycles. The van der Waals surface area contributed by atoms with Crippen molar-refractivity contribution in [3.05, 3.63) is 58.7 Å². The first-order valence-electron chi connectivity index (χ1n) is 10.0. The van der Waals surface area contributed by atoms with Gasteiger partial charge in [-0.3, -0.25) is 4.79 Å². The predicted octanol–water partition coefficient (Wildman–Crippen LogP) is 3.70. The van der Waals surface area contributed by atoms with Crippen molar-refractivity contribution < 1.29 is 24.2 Å². The number of ether oxygens (including phenoxy) is 2. The fourth-order valence-corrected chi connectivity index (χ4v) is 3.66. The Bertz CT molecular complexity index is 893. The highest BCUT2D eigenvalue weighted by atomic mass is 16.5. The number of carboxylic acid groups (broad SMARTS) is 1. The molecular formula is C23H27NO5. The van der Waals surface area contributed by atoms with Crippen LogP contribution in [0, 0.1) is 0 Å². The minimum absolute atomic E-state index is 0.0303. The van der Waals surface area contributed by atoms with Crippen LogP contribution in [-0.2, 0) is 24.2 Å². The summed E-state index contributed by atoms with van der Waals surface area (Å²) in [5, 5.41) is 9.30. The van der Waals surface area contributed by atoms with Gasteiger partial charge >= 0.3 is 5.97 Å². The quantitative estimate of drug-likeness (QED) is 0.735. The summed E-state index contributed by atoms with van der Waals surface area (Å²) in [6.07, 6.45) is 1.46. The molecule has 6 nitrogen and oxygen atoms in total. The molecule has 3 rings (SSSR count). The molecular weight excluding hydrogens is 370 g/mol. The van der Waals surface area contributed by atoms with Crippen LogP contribution in [0.5, 0.6) is 11.5 Å². The van der Waals surface area contributed by atoms with E-state index in [1.54, 1.807) is 24.3 Å². The van der Waals surface area contributed by atoms with Gasteiger partial charge in [0, 0.05) is 19.5 Å². The molecule has 0 atom stereocenters. The van der Waals surface area contributed by atoms with Crippen LogP contribution >= 0.6 is 0 Å². The van der Waals surface area contributed by atoms with Gasteiger partial charge < -0.3 is 19.5 Å². The first kappa shape index (κ1) is 20.7. The van der Waals surface area contributed by atoms with Gasteiger partial charge in [-0.2, -0.15) is 0 Å². The SMILES string of the molecule is CCOc1cc2c(cc1OCC)CN(C(=O)CCc1ccccc1C(=O)O)CC2. The second-order valence-electron chi connectivity index (χ2n) is 6.96. The molecule has 154 valence electrons. The molecule has 0 fully saturated rings. The van der Waals surface area contributed by atoms with Crippen molar-refractivity contribution in [2.24, 2.45) is 0 Å². The Morgan fingerprint density at radius 2 is 1.69 bits per heavy atom. The average molecular weight is 397 g/mol. The minimum atomic E-state index is -0.964. The Hall–Kier alpha value is -3.02. The highest BCUT2D eigenvalue weighted by molar-refractivity contribution is 5.89. The Kier molecular flexibility index (Phi) is 6.75. The summed E-state index contributed by atoms with van der Waals surface area (Å²) in [6, 6.07) is 10.8. The van der Waals surface area contributed by atoms with Crippen molar-refractivity contribution in [1.29, 1.82) is 0 Å². The number of amides is 1. The van der Waals surface area contributed by atoms with Gasteiger partial charge in [0.1, 0.15) is 0 Å². The number of fused-ring (bicyclic) bond motifs is 1. The molecule has 0 radical (unpaired) electrons. The Morgan fingerprint density at radius 3 is 2.34 bits per heavy atom. The lowest BCUT2D eigenvalue weighted by Crippen LogP contribution is -2.36. The molecule has 0 bridgehead atoms. The monoisotopic (exact) mass is 397 g/mol. The van der Waals surface area contributed by atoms with Gasteiger partial charge in [0.05, 0.1) is 18.8 Å². The van der Waals surface area contributed by atoms with Crippen LogP contribution in [0.1, 0.15) is 47.3 Å². The number of nitrogens with zero attached hydrogens (tertiary/aromatic N) is 1. The maximum Gasteiger partial charge on any atom is 0.335 e. The zero-order valence-corrected chi connectivity index (χ0v) is 16.9. The Balaban J connectivity index is 1.69. The molecule has 0 saturated heterocycles. The molecule has 1 heterocycles. The first-order valence-corrected chi connectivity index (χ1v) is 10.0. The highest BCUT2D eigenvalue weighted by Crippen LogP contribution is 2.34. The fourth-order valence-electron chi connectivity index (χ4n) is 3.66.